The molecule has 6 rings (SSSR count). The molecule has 8 nitrogen and oxygen atoms in total. The first-order chi connectivity index (χ1) is 20.3. The summed E-state index contributed by atoms with van der Waals surface area (Å²) in [6, 6.07) is 26.3. The maximum atomic E-state index is 14.2. The number of carbonyl (C=O) groups excluding carboxylic acids is 2. The Morgan fingerprint density at radius 3 is 2.43 bits per heavy atom. The number of fused-ring (bicyclic) bond motifs is 2. The fourth-order valence-electron chi connectivity index (χ4n) is 6.01. The third-order valence-corrected chi connectivity index (χ3v) is 10.2. The summed E-state index contributed by atoms with van der Waals surface area (Å²) < 4.78 is 29.7. The molecule has 0 aromatic heterocycles. The second-order valence-corrected chi connectivity index (χ2v) is 12.9. The summed E-state index contributed by atoms with van der Waals surface area (Å²) in [6.07, 6.45) is 2.64. The number of nitrogens with zero attached hydrogens (tertiary/aromatic N) is 2. The zero-order valence-corrected chi connectivity index (χ0v) is 24.3. The maximum absolute atomic E-state index is 14.2. The molecule has 0 bridgehead atoms. The van der Waals surface area contributed by atoms with Crippen LogP contribution in [0.5, 0.6) is 0 Å². The molecule has 4 aromatic rings. The molecule has 0 spiro atoms. The molecule has 1 aliphatic heterocycles. The number of hydrogen-bond donors (Lipinski definition) is 2. The van der Waals surface area contributed by atoms with E-state index in [1.165, 1.54) is 14.8 Å². The smallest absolute Gasteiger partial charge is 0.321 e. The molecular weight excluding hydrogens is 548 g/mol. The van der Waals surface area contributed by atoms with E-state index >= 15 is 0 Å². The van der Waals surface area contributed by atoms with Crippen LogP contribution >= 0.6 is 0 Å². The van der Waals surface area contributed by atoms with Crippen molar-refractivity contribution < 1.29 is 18.0 Å². The molecule has 2 unspecified atom stereocenters. The van der Waals surface area contributed by atoms with Crippen molar-refractivity contribution in [2.45, 2.75) is 43.2 Å². The van der Waals surface area contributed by atoms with Crippen molar-refractivity contribution in [1.29, 1.82) is 0 Å². The minimum absolute atomic E-state index is 0.00773. The van der Waals surface area contributed by atoms with Crippen molar-refractivity contribution in [1.82, 2.24) is 14.5 Å². The lowest BCUT2D eigenvalue weighted by Crippen LogP contribution is -2.62. The Kier molecular flexibility index (Phi) is 7.70. The highest BCUT2D eigenvalue weighted by Crippen LogP contribution is 2.32. The normalized spacial score (nSPS) is 19.2. The second-order valence-electron chi connectivity index (χ2n) is 11.0. The van der Waals surface area contributed by atoms with Crippen LogP contribution in [0.3, 0.4) is 0 Å². The van der Waals surface area contributed by atoms with Crippen LogP contribution in [0, 0.1) is 6.92 Å². The molecule has 42 heavy (non-hydrogen) atoms. The molecule has 2 aliphatic rings. The summed E-state index contributed by atoms with van der Waals surface area (Å²) in [5.74, 6) is -0.409. The third kappa shape index (κ3) is 5.49. The molecule has 216 valence electrons. The van der Waals surface area contributed by atoms with Crippen molar-refractivity contribution in [2.75, 3.05) is 25.0 Å². The van der Waals surface area contributed by atoms with Crippen LogP contribution in [0.25, 0.3) is 10.8 Å². The molecular formula is C33H34N4O4S. The van der Waals surface area contributed by atoms with Gasteiger partial charge >= 0.3 is 6.03 Å². The average Bonchev–Trinajstić information content (AvgIpc) is 3.01. The van der Waals surface area contributed by atoms with Crippen LogP contribution in [0.4, 0.5) is 10.5 Å². The van der Waals surface area contributed by atoms with Crippen molar-refractivity contribution >= 4 is 38.4 Å². The highest BCUT2D eigenvalue weighted by Gasteiger charge is 2.42. The van der Waals surface area contributed by atoms with E-state index in [0.29, 0.717) is 11.1 Å². The Bertz CT molecular complexity index is 1730. The lowest BCUT2D eigenvalue weighted by atomic mass is 9.87. The first-order valence-corrected chi connectivity index (χ1v) is 15.8. The fraction of sp³-hybridized carbons (Fsp3) is 0.273. The van der Waals surface area contributed by atoms with Crippen molar-refractivity contribution in [3.63, 3.8) is 0 Å². The number of benzene rings is 4. The van der Waals surface area contributed by atoms with E-state index in [0.717, 1.165) is 35.8 Å². The average molecular weight is 583 g/mol. The van der Waals surface area contributed by atoms with E-state index < -0.39 is 22.0 Å². The number of piperazine rings is 1. The number of urea groups is 1. The van der Waals surface area contributed by atoms with E-state index in [2.05, 4.69) is 16.7 Å². The molecule has 9 heteroatoms. The fourth-order valence-corrected chi connectivity index (χ4v) is 7.80. The summed E-state index contributed by atoms with van der Waals surface area (Å²) in [7, 11) is -4.08. The number of amides is 3. The summed E-state index contributed by atoms with van der Waals surface area (Å²) in [5.41, 5.74) is 3.96. The lowest BCUT2D eigenvalue weighted by Gasteiger charge is -2.40. The SMILES string of the molecule is Cc1ccc(NC(=O)N2CCN(S(=O)(=O)c3cccc4ccccc34)C(C(=O)NC3CCCc4ccccc43)C2)cc1. The number of carbonyl (C=O) groups is 2. The molecule has 1 aliphatic carbocycles. The molecule has 0 radical (unpaired) electrons. The highest BCUT2D eigenvalue weighted by atomic mass is 32.2. The predicted molar refractivity (Wildman–Crippen MR) is 164 cm³/mol. The van der Waals surface area contributed by atoms with Gasteiger partial charge in [-0.25, -0.2) is 13.2 Å². The number of rotatable bonds is 5. The Labute approximate surface area is 246 Å². The number of hydrogen-bond acceptors (Lipinski definition) is 4. The van der Waals surface area contributed by atoms with Crippen LogP contribution in [0.15, 0.2) is 95.9 Å². The molecule has 1 fully saturated rings. The van der Waals surface area contributed by atoms with Crippen LogP contribution in [0.2, 0.25) is 0 Å². The van der Waals surface area contributed by atoms with Gasteiger partial charge in [0, 0.05) is 30.7 Å². The second kappa shape index (κ2) is 11.6. The van der Waals surface area contributed by atoms with Crippen LogP contribution in [0.1, 0.15) is 35.6 Å². The molecule has 2 N–H and O–H groups in total. The van der Waals surface area contributed by atoms with Gasteiger partial charge in [0.2, 0.25) is 15.9 Å². The van der Waals surface area contributed by atoms with Crippen molar-refractivity contribution in [2.24, 2.45) is 0 Å². The molecule has 1 heterocycles. The van der Waals surface area contributed by atoms with Crippen molar-refractivity contribution in [3.05, 3.63) is 108 Å². The maximum Gasteiger partial charge on any atom is 0.321 e. The molecule has 2 atom stereocenters. The van der Waals surface area contributed by atoms with E-state index in [9.17, 15) is 18.0 Å². The van der Waals surface area contributed by atoms with E-state index in [1.807, 2.05) is 67.6 Å². The predicted octanol–water partition coefficient (Wildman–Crippen LogP) is 5.25. The van der Waals surface area contributed by atoms with Gasteiger partial charge in [-0.05, 0) is 60.9 Å². The highest BCUT2D eigenvalue weighted by molar-refractivity contribution is 7.89. The van der Waals surface area contributed by atoms with Gasteiger partial charge in [0.25, 0.3) is 0 Å². The van der Waals surface area contributed by atoms with Crippen molar-refractivity contribution in [3.8, 4) is 0 Å². The Balaban J connectivity index is 1.31. The number of nitrogens with one attached hydrogen (secondary N) is 2. The number of anilines is 1. The van der Waals surface area contributed by atoms with Gasteiger partial charge < -0.3 is 15.5 Å². The largest absolute Gasteiger partial charge is 0.348 e. The Morgan fingerprint density at radius 1 is 0.857 bits per heavy atom. The lowest BCUT2D eigenvalue weighted by molar-refractivity contribution is -0.127. The summed E-state index contributed by atoms with van der Waals surface area (Å²) >= 11 is 0. The van der Waals surface area contributed by atoms with E-state index in [1.54, 1.807) is 24.3 Å². The molecule has 3 amide bonds. The Hall–Kier alpha value is -4.21. The molecule has 4 aromatic carbocycles. The minimum Gasteiger partial charge on any atom is -0.348 e. The van der Waals surface area contributed by atoms with Gasteiger partial charge in [0.1, 0.15) is 6.04 Å². The first-order valence-electron chi connectivity index (χ1n) is 14.3. The van der Waals surface area contributed by atoms with Gasteiger partial charge in [-0.15, -0.1) is 0 Å². The van der Waals surface area contributed by atoms with E-state index in [4.69, 9.17) is 0 Å². The zero-order chi connectivity index (χ0) is 29.3. The van der Waals surface area contributed by atoms with Crippen LogP contribution < -0.4 is 10.6 Å². The minimum atomic E-state index is -4.08. The van der Waals surface area contributed by atoms with Crippen LogP contribution in [-0.4, -0.2) is 55.2 Å². The van der Waals surface area contributed by atoms with Crippen LogP contribution in [-0.2, 0) is 21.2 Å². The number of aryl methyl sites for hydroxylation is 2. The quantitative estimate of drug-likeness (QED) is 0.336. The molecule has 0 saturated carbocycles. The Morgan fingerprint density at radius 2 is 1.60 bits per heavy atom. The van der Waals surface area contributed by atoms with E-state index in [-0.39, 0.29) is 36.6 Å². The van der Waals surface area contributed by atoms with Gasteiger partial charge in [0.05, 0.1) is 10.9 Å². The summed E-state index contributed by atoms with van der Waals surface area (Å²) in [4.78, 5) is 29.0. The zero-order valence-electron chi connectivity index (χ0n) is 23.5. The summed E-state index contributed by atoms with van der Waals surface area (Å²) in [5, 5.41) is 7.43. The first kappa shape index (κ1) is 27.9. The number of sulfonamides is 1. The van der Waals surface area contributed by atoms with Gasteiger partial charge in [-0.3, -0.25) is 4.79 Å². The van der Waals surface area contributed by atoms with Gasteiger partial charge in [-0.2, -0.15) is 4.31 Å². The third-order valence-electron chi connectivity index (χ3n) is 8.25. The monoisotopic (exact) mass is 582 g/mol. The standard InChI is InChI=1S/C33H34N4O4S/c1-23-16-18-26(19-17-23)34-33(39)36-20-21-37(42(40,41)31-15-7-11-25-9-3-5-13-28(25)31)30(22-36)32(38)35-29-14-6-10-24-8-2-4-12-27(24)29/h2-5,7-9,11-13,15-19,29-30H,6,10,14,20-22H2,1H3,(H,34,39)(H,35,38). The summed E-state index contributed by atoms with van der Waals surface area (Å²) in [6.45, 7) is 2.04. The molecule has 1 saturated heterocycles. The topological polar surface area (TPSA) is 98.8 Å². The van der Waals surface area contributed by atoms with Gasteiger partial charge in [-0.1, -0.05) is 78.4 Å². The van der Waals surface area contributed by atoms with Gasteiger partial charge in [0.15, 0.2) is 0 Å².